The number of morpholine rings is 1. The molecule has 6 heteroatoms. The van der Waals surface area contributed by atoms with Crippen LogP contribution in [0.4, 0.5) is 0 Å². The molecule has 1 aromatic rings. The van der Waals surface area contributed by atoms with E-state index in [1.165, 1.54) is 5.56 Å². The zero-order valence-corrected chi connectivity index (χ0v) is 11.3. The van der Waals surface area contributed by atoms with Crippen molar-refractivity contribution in [1.29, 1.82) is 0 Å². The van der Waals surface area contributed by atoms with E-state index in [0.717, 1.165) is 39.3 Å². The van der Waals surface area contributed by atoms with Crippen LogP contribution in [0.3, 0.4) is 0 Å². The standard InChI is InChI=1S/C11H17N3O.2ClH/c1-2-11(10-12-4-1)3-5-13-14-6-8-15-9-7-14;;/h1-2,4,10,13H,3,5-9H2;2*1H. The van der Waals surface area contributed by atoms with E-state index in [-0.39, 0.29) is 24.8 Å². The number of rotatable bonds is 4. The molecule has 2 rings (SSSR count). The second kappa shape index (κ2) is 9.62. The summed E-state index contributed by atoms with van der Waals surface area (Å²) in [6.07, 6.45) is 4.74. The van der Waals surface area contributed by atoms with E-state index in [4.69, 9.17) is 4.74 Å². The van der Waals surface area contributed by atoms with Crippen LogP contribution in [-0.2, 0) is 11.2 Å². The van der Waals surface area contributed by atoms with Gasteiger partial charge in [-0.05, 0) is 18.1 Å². The first-order valence-electron chi connectivity index (χ1n) is 5.40. The lowest BCUT2D eigenvalue weighted by atomic mass is 10.2. The highest BCUT2D eigenvalue weighted by molar-refractivity contribution is 5.85. The first kappa shape index (κ1) is 16.6. The summed E-state index contributed by atoms with van der Waals surface area (Å²) in [7, 11) is 0. The number of hydrazine groups is 1. The van der Waals surface area contributed by atoms with Crippen molar-refractivity contribution in [1.82, 2.24) is 15.4 Å². The van der Waals surface area contributed by atoms with Gasteiger partial charge in [-0.2, -0.15) is 0 Å². The van der Waals surface area contributed by atoms with Crippen LogP contribution in [0.25, 0.3) is 0 Å². The highest BCUT2D eigenvalue weighted by Crippen LogP contribution is 1.97. The fourth-order valence-corrected chi connectivity index (χ4v) is 1.63. The third kappa shape index (κ3) is 6.19. The topological polar surface area (TPSA) is 37.4 Å². The summed E-state index contributed by atoms with van der Waals surface area (Å²) >= 11 is 0. The van der Waals surface area contributed by atoms with Crippen molar-refractivity contribution in [2.75, 3.05) is 32.8 Å². The van der Waals surface area contributed by atoms with Gasteiger partial charge < -0.3 is 4.74 Å². The lowest BCUT2D eigenvalue weighted by molar-refractivity contribution is 0.0123. The number of aromatic nitrogens is 1. The molecule has 0 unspecified atom stereocenters. The van der Waals surface area contributed by atoms with Gasteiger partial charge >= 0.3 is 0 Å². The number of pyridine rings is 1. The maximum absolute atomic E-state index is 5.27. The molecule has 0 spiro atoms. The SMILES string of the molecule is Cl.Cl.c1cncc(CCNN2CCOCC2)c1. The Hall–Kier alpha value is -0.390. The predicted molar refractivity (Wildman–Crippen MR) is 72.8 cm³/mol. The maximum Gasteiger partial charge on any atom is 0.0608 e. The van der Waals surface area contributed by atoms with Gasteiger partial charge in [-0.3, -0.25) is 10.4 Å². The van der Waals surface area contributed by atoms with Crippen molar-refractivity contribution in [3.05, 3.63) is 30.1 Å². The molecule has 1 aromatic heterocycles. The fraction of sp³-hybridized carbons (Fsp3) is 0.545. The molecule has 0 aliphatic carbocycles. The summed E-state index contributed by atoms with van der Waals surface area (Å²) in [5, 5.41) is 2.22. The molecule has 98 valence electrons. The largest absolute Gasteiger partial charge is 0.379 e. The Kier molecular flexibility index (Phi) is 9.40. The third-order valence-corrected chi connectivity index (χ3v) is 2.48. The maximum atomic E-state index is 5.27. The van der Waals surface area contributed by atoms with Crippen molar-refractivity contribution >= 4 is 24.8 Å². The van der Waals surface area contributed by atoms with Gasteiger partial charge in [-0.25, -0.2) is 5.01 Å². The molecule has 0 amide bonds. The van der Waals surface area contributed by atoms with E-state index in [9.17, 15) is 0 Å². The molecular weight excluding hydrogens is 261 g/mol. The highest BCUT2D eigenvalue weighted by atomic mass is 35.5. The fourth-order valence-electron chi connectivity index (χ4n) is 1.63. The van der Waals surface area contributed by atoms with Crippen molar-refractivity contribution in [3.63, 3.8) is 0 Å². The van der Waals surface area contributed by atoms with Gasteiger partial charge in [-0.1, -0.05) is 6.07 Å². The van der Waals surface area contributed by atoms with Gasteiger partial charge in [0.2, 0.25) is 0 Å². The lowest BCUT2D eigenvalue weighted by Gasteiger charge is -2.27. The first-order valence-corrected chi connectivity index (χ1v) is 5.40. The monoisotopic (exact) mass is 279 g/mol. The van der Waals surface area contributed by atoms with E-state index in [0.29, 0.717) is 0 Å². The molecule has 0 saturated carbocycles. The Morgan fingerprint density at radius 1 is 1.29 bits per heavy atom. The Bertz CT molecular complexity index is 281. The average molecular weight is 280 g/mol. The number of hydrogen-bond acceptors (Lipinski definition) is 4. The molecule has 1 saturated heterocycles. The molecular formula is C11H19Cl2N3O. The third-order valence-electron chi connectivity index (χ3n) is 2.48. The zero-order chi connectivity index (χ0) is 10.3. The molecule has 1 N–H and O–H groups in total. The Morgan fingerprint density at radius 3 is 2.71 bits per heavy atom. The highest BCUT2D eigenvalue weighted by Gasteiger charge is 2.08. The summed E-state index contributed by atoms with van der Waals surface area (Å²) < 4.78 is 5.27. The van der Waals surface area contributed by atoms with Crippen molar-refractivity contribution in [2.45, 2.75) is 6.42 Å². The number of halogens is 2. The van der Waals surface area contributed by atoms with Gasteiger partial charge in [0.25, 0.3) is 0 Å². The minimum Gasteiger partial charge on any atom is -0.379 e. The van der Waals surface area contributed by atoms with Crippen LogP contribution in [0.15, 0.2) is 24.5 Å². The molecule has 0 atom stereocenters. The van der Waals surface area contributed by atoms with Crippen molar-refractivity contribution in [2.24, 2.45) is 0 Å². The number of hydrogen-bond donors (Lipinski definition) is 1. The van der Waals surface area contributed by atoms with Crippen LogP contribution in [0.5, 0.6) is 0 Å². The average Bonchev–Trinajstić information content (AvgIpc) is 2.32. The summed E-state index contributed by atoms with van der Waals surface area (Å²) in [6.45, 7) is 4.59. The van der Waals surface area contributed by atoms with Crippen LogP contribution in [0, 0.1) is 0 Å². The van der Waals surface area contributed by atoms with Crippen LogP contribution in [0.2, 0.25) is 0 Å². The molecule has 0 bridgehead atoms. The number of nitrogens with one attached hydrogen (secondary N) is 1. The Labute approximate surface area is 115 Å². The van der Waals surface area contributed by atoms with Gasteiger partial charge in [0.05, 0.1) is 13.2 Å². The minimum absolute atomic E-state index is 0. The zero-order valence-electron chi connectivity index (χ0n) is 9.67. The molecule has 2 heterocycles. The number of nitrogens with zero attached hydrogens (tertiary/aromatic N) is 2. The molecule has 4 nitrogen and oxygen atoms in total. The molecule has 1 fully saturated rings. The first-order chi connectivity index (χ1) is 7.45. The Balaban J connectivity index is 0.00000128. The molecule has 0 aromatic carbocycles. The van der Waals surface area contributed by atoms with Gasteiger partial charge in [0.1, 0.15) is 0 Å². The van der Waals surface area contributed by atoms with Crippen LogP contribution >= 0.6 is 24.8 Å². The Morgan fingerprint density at radius 2 is 2.06 bits per heavy atom. The second-order valence-electron chi connectivity index (χ2n) is 3.62. The summed E-state index contributed by atoms with van der Waals surface area (Å²) in [6, 6.07) is 4.08. The van der Waals surface area contributed by atoms with E-state index < -0.39 is 0 Å². The van der Waals surface area contributed by atoms with Crippen molar-refractivity contribution < 1.29 is 4.74 Å². The molecule has 0 radical (unpaired) electrons. The minimum atomic E-state index is 0. The summed E-state index contributed by atoms with van der Waals surface area (Å²) in [4.78, 5) is 4.09. The molecule has 1 aliphatic heterocycles. The molecule has 17 heavy (non-hydrogen) atoms. The summed E-state index contributed by atoms with van der Waals surface area (Å²) in [5.74, 6) is 0. The number of ether oxygens (including phenoxy) is 1. The van der Waals surface area contributed by atoms with E-state index >= 15 is 0 Å². The van der Waals surface area contributed by atoms with Crippen LogP contribution in [-0.4, -0.2) is 42.8 Å². The van der Waals surface area contributed by atoms with Gasteiger partial charge in [-0.15, -0.1) is 24.8 Å². The van der Waals surface area contributed by atoms with Crippen molar-refractivity contribution in [3.8, 4) is 0 Å². The van der Waals surface area contributed by atoms with Gasteiger partial charge in [0, 0.05) is 32.0 Å². The van der Waals surface area contributed by atoms with Gasteiger partial charge in [0.15, 0.2) is 0 Å². The molecule has 1 aliphatic rings. The predicted octanol–water partition coefficient (Wildman–Crippen LogP) is 1.30. The van der Waals surface area contributed by atoms with Crippen LogP contribution in [0.1, 0.15) is 5.56 Å². The quantitative estimate of drug-likeness (QED) is 0.902. The normalized spacial score (nSPS) is 15.8. The second-order valence-corrected chi connectivity index (χ2v) is 3.62. The lowest BCUT2D eigenvalue weighted by Crippen LogP contribution is -2.46. The van der Waals surface area contributed by atoms with E-state index in [1.807, 2.05) is 12.3 Å². The smallest absolute Gasteiger partial charge is 0.0608 e. The van der Waals surface area contributed by atoms with E-state index in [1.54, 1.807) is 6.20 Å². The summed E-state index contributed by atoms with van der Waals surface area (Å²) in [5.41, 5.74) is 4.67. The van der Waals surface area contributed by atoms with E-state index in [2.05, 4.69) is 21.5 Å². The van der Waals surface area contributed by atoms with Crippen LogP contribution < -0.4 is 5.43 Å².